The van der Waals surface area contributed by atoms with Crippen molar-refractivity contribution in [3.05, 3.63) is 66.0 Å². The molecule has 0 spiro atoms. The molecule has 0 aromatic heterocycles. The maximum atomic E-state index is 13.0. The maximum Gasteiger partial charge on any atom is 0.238 e. The van der Waals surface area contributed by atoms with Crippen LogP contribution in [0.3, 0.4) is 0 Å². The van der Waals surface area contributed by atoms with Gasteiger partial charge >= 0.3 is 0 Å². The Hall–Kier alpha value is -2.25. The van der Waals surface area contributed by atoms with Gasteiger partial charge in [0.05, 0.1) is 4.90 Å². The molecule has 0 aliphatic rings. The van der Waals surface area contributed by atoms with E-state index in [0.29, 0.717) is 13.0 Å². The minimum absolute atomic E-state index is 0.0610. The Bertz CT molecular complexity index is 839. The number of nitrogens with one attached hydrogen (secondary N) is 1. The summed E-state index contributed by atoms with van der Waals surface area (Å²) >= 11 is 0. The lowest BCUT2D eigenvalue weighted by molar-refractivity contribution is -0.120. The van der Waals surface area contributed by atoms with E-state index in [4.69, 9.17) is 0 Å². The molecule has 1 amide bonds. The van der Waals surface area contributed by atoms with Gasteiger partial charge in [0.25, 0.3) is 0 Å². The molecule has 0 fully saturated rings. The summed E-state index contributed by atoms with van der Waals surface area (Å²) in [6.45, 7) is 3.31. The molecule has 0 bridgehead atoms. The van der Waals surface area contributed by atoms with Crippen LogP contribution in [0.25, 0.3) is 0 Å². The van der Waals surface area contributed by atoms with Crippen LogP contribution in [-0.4, -0.2) is 44.6 Å². The molecule has 5 nitrogen and oxygen atoms in total. The summed E-state index contributed by atoms with van der Waals surface area (Å²) in [5.74, 6) is -1.07. The number of amides is 1. The van der Waals surface area contributed by atoms with Crippen LogP contribution in [0.5, 0.6) is 0 Å². The molecule has 2 rings (SSSR count). The van der Waals surface area contributed by atoms with Gasteiger partial charge in [-0.3, -0.25) is 4.79 Å². The number of nitrogens with zero attached hydrogens (tertiary/aromatic N) is 1. The van der Waals surface area contributed by atoms with Crippen LogP contribution < -0.4 is 5.32 Å². The molecule has 0 saturated carbocycles. The van der Waals surface area contributed by atoms with Crippen molar-refractivity contribution in [2.75, 3.05) is 20.1 Å². The van der Waals surface area contributed by atoms with E-state index in [1.807, 2.05) is 25.2 Å². The standard InChI is InChI=1S/C20H25FN2O3S/c1-16(27(25,26)19-11-9-18(21)10-12-19)20(24)22-13-6-14-23(2)15-17-7-4-3-5-8-17/h3-5,7-12,16H,6,13-15H2,1-2H3,(H,22,24). The number of hydrogen-bond acceptors (Lipinski definition) is 4. The largest absolute Gasteiger partial charge is 0.355 e. The smallest absolute Gasteiger partial charge is 0.238 e. The first-order valence-corrected chi connectivity index (χ1v) is 10.3. The zero-order chi connectivity index (χ0) is 19.9. The summed E-state index contributed by atoms with van der Waals surface area (Å²) in [6.07, 6.45) is 0.707. The van der Waals surface area contributed by atoms with Gasteiger partial charge in [-0.15, -0.1) is 0 Å². The van der Waals surface area contributed by atoms with Gasteiger partial charge in [0, 0.05) is 13.1 Å². The fourth-order valence-corrected chi connectivity index (χ4v) is 3.94. The van der Waals surface area contributed by atoms with Gasteiger partial charge in [-0.2, -0.15) is 0 Å². The Morgan fingerprint density at radius 1 is 1.11 bits per heavy atom. The number of benzene rings is 2. The van der Waals surface area contributed by atoms with Crippen LogP contribution in [0.2, 0.25) is 0 Å². The van der Waals surface area contributed by atoms with Crippen LogP contribution in [0.4, 0.5) is 4.39 Å². The SMILES string of the molecule is CC(C(=O)NCCCN(C)Cc1ccccc1)S(=O)(=O)c1ccc(F)cc1. The van der Waals surface area contributed by atoms with Crippen LogP contribution in [0.15, 0.2) is 59.5 Å². The molecular formula is C20H25FN2O3S. The molecule has 146 valence electrons. The molecule has 0 aliphatic heterocycles. The van der Waals surface area contributed by atoms with Crippen molar-refractivity contribution in [1.29, 1.82) is 0 Å². The fraction of sp³-hybridized carbons (Fsp3) is 0.350. The molecule has 2 aromatic carbocycles. The van der Waals surface area contributed by atoms with Crippen molar-refractivity contribution in [2.24, 2.45) is 0 Å². The predicted molar refractivity (Wildman–Crippen MR) is 103 cm³/mol. The van der Waals surface area contributed by atoms with Crippen LogP contribution >= 0.6 is 0 Å². The van der Waals surface area contributed by atoms with Crippen molar-refractivity contribution >= 4 is 15.7 Å². The van der Waals surface area contributed by atoms with E-state index in [1.54, 1.807) is 0 Å². The zero-order valence-electron chi connectivity index (χ0n) is 15.6. The maximum absolute atomic E-state index is 13.0. The quantitative estimate of drug-likeness (QED) is 0.526. The van der Waals surface area contributed by atoms with Crippen molar-refractivity contribution in [1.82, 2.24) is 10.2 Å². The Kier molecular flexibility index (Phi) is 7.50. The average molecular weight is 392 g/mol. The third-order valence-corrected chi connectivity index (χ3v) is 6.36. The summed E-state index contributed by atoms with van der Waals surface area (Å²) in [5.41, 5.74) is 1.21. The highest BCUT2D eigenvalue weighted by Crippen LogP contribution is 2.16. The number of sulfone groups is 1. The first-order valence-electron chi connectivity index (χ1n) is 8.80. The Labute approximate surface area is 160 Å². The second-order valence-electron chi connectivity index (χ2n) is 6.51. The molecule has 1 atom stereocenters. The fourth-order valence-electron chi connectivity index (χ4n) is 2.65. The van der Waals surface area contributed by atoms with Crippen LogP contribution in [-0.2, 0) is 21.2 Å². The van der Waals surface area contributed by atoms with E-state index in [-0.39, 0.29) is 4.90 Å². The lowest BCUT2D eigenvalue weighted by Crippen LogP contribution is -2.39. The van der Waals surface area contributed by atoms with Crippen LogP contribution in [0.1, 0.15) is 18.9 Å². The van der Waals surface area contributed by atoms with E-state index in [2.05, 4.69) is 22.3 Å². The van der Waals surface area contributed by atoms with E-state index >= 15 is 0 Å². The lowest BCUT2D eigenvalue weighted by atomic mass is 10.2. The van der Waals surface area contributed by atoms with Gasteiger partial charge in [0.2, 0.25) is 5.91 Å². The molecule has 0 saturated heterocycles. The third-order valence-electron chi connectivity index (χ3n) is 4.29. The van der Waals surface area contributed by atoms with Crippen LogP contribution in [0, 0.1) is 5.82 Å². The Balaban J connectivity index is 1.78. The first kappa shape index (κ1) is 21.1. The summed E-state index contributed by atoms with van der Waals surface area (Å²) < 4.78 is 37.8. The minimum Gasteiger partial charge on any atom is -0.355 e. The van der Waals surface area contributed by atoms with Gasteiger partial charge in [-0.25, -0.2) is 12.8 Å². The lowest BCUT2D eigenvalue weighted by Gasteiger charge is -2.17. The molecule has 2 aromatic rings. The molecule has 0 radical (unpaired) electrons. The number of hydrogen-bond donors (Lipinski definition) is 1. The summed E-state index contributed by atoms with van der Waals surface area (Å²) in [4.78, 5) is 14.3. The summed E-state index contributed by atoms with van der Waals surface area (Å²) in [7, 11) is -1.84. The van der Waals surface area contributed by atoms with Gasteiger partial charge in [0.15, 0.2) is 9.84 Å². The number of carbonyl (C=O) groups excluding carboxylic acids is 1. The Morgan fingerprint density at radius 2 is 1.74 bits per heavy atom. The third kappa shape index (κ3) is 6.15. The van der Waals surface area contributed by atoms with Crippen molar-refractivity contribution in [3.63, 3.8) is 0 Å². The summed E-state index contributed by atoms with van der Waals surface area (Å²) in [5, 5.41) is 1.44. The molecule has 7 heteroatoms. The monoisotopic (exact) mass is 392 g/mol. The summed E-state index contributed by atoms with van der Waals surface area (Å²) in [6, 6.07) is 14.6. The minimum atomic E-state index is -3.84. The normalized spacial score (nSPS) is 12.7. The highest BCUT2D eigenvalue weighted by Gasteiger charge is 2.29. The van der Waals surface area contributed by atoms with E-state index < -0.39 is 26.8 Å². The van der Waals surface area contributed by atoms with Crippen molar-refractivity contribution in [2.45, 2.75) is 30.0 Å². The van der Waals surface area contributed by atoms with E-state index in [1.165, 1.54) is 24.6 Å². The van der Waals surface area contributed by atoms with E-state index in [0.717, 1.165) is 25.2 Å². The number of rotatable bonds is 9. The van der Waals surface area contributed by atoms with Gasteiger partial charge in [-0.1, -0.05) is 30.3 Å². The molecular weight excluding hydrogens is 367 g/mol. The molecule has 27 heavy (non-hydrogen) atoms. The Morgan fingerprint density at radius 3 is 2.37 bits per heavy atom. The molecule has 1 N–H and O–H groups in total. The topological polar surface area (TPSA) is 66.5 Å². The van der Waals surface area contributed by atoms with Crippen molar-refractivity contribution < 1.29 is 17.6 Å². The highest BCUT2D eigenvalue weighted by molar-refractivity contribution is 7.92. The predicted octanol–water partition coefficient (Wildman–Crippen LogP) is 2.63. The molecule has 0 heterocycles. The second-order valence-corrected chi connectivity index (χ2v) is 8.78. The highest BCUT2D eigenvalue weighted by atomic mass is 32.2. The van der Waals surface area contributed by atoms with Gasteiger partial charge in [-0.05, 0) is 56.8 Å². The van der Waals surface area contributed by atoms with E-state index in [9.17, 15) is 17.6 Å². The number of halogens is 1. The average Bonchev–Trinajstić information content (AvgIpc) is 2.65. The molecule has 0 aliphatic carbocycles. The van der Waals surface area contributed by atoms with Gasteiger partial charge < -0.3 is 10.2 Å². The molecule has 1 unspecified atom stereocenters. The number of carbonyl (C=O) groups is 1. The first-order chi connectivity index (χ1) is 12.8. The second kappa shape index (κ2) is 9.62. The van der Waals surface area contributed by atoms with Crippen molar-refractivity contribution in [3.8, 4) is 0 Å². The zero-order valence-corrected chi connectivity index (χ0v) is 16.4. The van der Waals surface area contributed by atoms with Gasteiger partial charge in [0.1, 0.15) is 11.1 Å².